The van der Waals surface area contributed by atoms with Gasteiger partial charge in [-0.15, -0.1) is 0 Å². The van der Waals surface area contributed by atoms with Gasteiger partial charge in [-0.2, -0.15) is 5.26 Å². The van der Waals surface area contributed by atoms with Gasteiger partial charge in [0.2, 0.25) is 0 Å². The number of amides is 2. The Kier molecular flexibility index (Phi) is 6.68. The van der Waals surface area contributed by atoms with Gasteiger partial charge in [-0.05, 0) is 36.4 Å². The number of morpholine rings is 1. The number of nitriles is 1. The van der Waals surface area contributed by atoms with Crippen LogP contribution in [0.2, 0.25) is 0 Å². The minimum atomic E-state index is -0.352. The molecule has 1 aromatic carbocycles. The number of aromatic nitrogens is 1. The average molecular weight is 379 g/mol. The van der Waals surface area contributed by atoms with Crippen molar-refractivity contribution in [3.63, 3.8) is 0 Å². The highest BCUT2D eigenvalue weighted by molar-refractivity contribution is 6.05. The van der Waals surface area contributed by atoms with Gasteiger partial charge in [-0.1, -0.05) is 0 Å². The highest BCUT2D eigenvalue weighted by atomic mass is 16.5. The van der Waals surface area contributed by atoms with Gasteiger partial charge in [0.25, 0.3) is 11.8 Å². The van der Waals surface area contributed by atoms with E-state index in [1.165, 1.54) is 12.3 Å². The molecule has 0 aliphatic carbocycles. The minimum absolute atomic E-state index is 0.189. The van der Waals surface area contributed by atoms with Gasteiger partial charge < -0.3 is 15.4 Å². The molecule has 8 nitrogen and oxygen atoms in total. The smallest absolute Gasteiger partial charge is 0.269 e. The fourth-order valence-electron chi connectivity index (χ4n) is 2.77. The number of nitrogens with one attached hydrogen (secondary N) is 2. The van der Waals surface area contributed by atoms with Crippen molar-refractivity contribution in [2.24, 2.45) is 0 Å². The van der Waals surface area contributed by atoms with Crippen molar-refractivity contribution in [2.45, 2.75) is 0 Å². The van der Waals surface area contributed by atoms with Crippen molar-refractivity contribution >= 4 is 17.5 Å². The van der Waals surface area contributed by atoms with Crippen LogP contribution in [0.15, 0.2) is 42.6 Å². The number of carbonyl (C=O) groups is 2. The summed E-state index contributed by atoms with van der Waals surface area (Å²) in [7, 11) is 0. The van der Waals surface area contributed by atoms with Crippen LogP contribution in [-0.4, -0.2) is 61.1 Å². The predicted molar refractivity (Wildman–Crippen MR) is 103 cm³/mol. The molecule has 144 valence electrons. The lowest BCUT2D eigenvalue weighted by molar-refractivity contribution is 0.0383. The number of ether oxygens (including phenoxy) is 1. The van der Waals surface area contributed by atoms with E-state index in [1.807, 2.05) is 6.07 Å². The van der Waals surface area contributed by atoms with E-state index in [9.17, 15) is 9.59 Å². The Bertz CT molecular complexity index is 870. The van der Waals surface area contributed by atoms with Gasteiger partial charge in [-0.25, -0.2) is 0 Å². The molecule has 2 amide bonds. The maximum Gasteiger partial charge on any atom is 0.269 e. The summed E-state index contributed by atoms with van der Waals surface area (Å²) in [6.45, 7) is 4.40. The number of carbonyl (C=O) groups excluding carboxylic acids is 2. The van der Waals surface area contributed by atoms with Gasteiger partial charge in [0.1, 0.15) is 5.69 Å². The van der Waals surface area contributed by atoms with Crippen LogP contribution in [0.5, 0.6) is 0 Å². The highest BCUT2D eigenvalue weighted by Crippen LogP contribution is 2.11. The van der Waals surface area contributed by atoms with E-state index in [-0.39, 0.29) is 17.5 Å². The predicted octanol–water partition coefficient (Wildman–Crippen LogP) is 1.27. The maximum absolute atomic E-state index is 12.4. The summed E-state index contributed by atoms with van der Waals surface area (Å²) in [5.74, 6) is -0.671. The Morgan fingerprint density at radius 2 is 1.89 bits per heavy atom. The van der Waals surface area contributed by atoms with Crippen LogP contribution in [-0.2, 0) is 4.74 Å². The third-order valence-electron chi connectivity index (χ3n) is 4.34. The molecule has 8 heteroatoms. The third kappa shape index (κ3) is 5.36. The summed E-state index contributed by atoms with van der Waals surface area (Å²) in [5, 5.41) is 14.4. The van der Waals surface area contributed by atoms with E-state index in [1.54, 1.807) is 30.3 Å². The molecule has 1 aliphatic heterocycles. The van der Waals surface area contributed by atoms with Crippen molar-refractivity contribution in [2.75, 3.05) is 44.7 Å². The van der Waals surface area contributed by atoms with E-state index in [2.05, 4.69) is 20.5 Å². The molecule has 0 saturated carbocycles. The zero-order valence-electron chi connectivity index (χ0n) is 15.4. The van der Waals surface area contributed by atoms with Gasteiger partial charge in [-0.3, -0.25) is 19.5 Å². The summed E-state index contributed by atoms with van der Waals surface area (Å²) < 4.78 is 5.30. The zero-order valence-corrected chi connectivity index (χ0v) is 15.4. The molecule has 0 bridgehead atoms. The Morgan fingerprint density at radius 3 is 2.61 bits per heavy atom. The number of anilines is 1. The molecule has 0 atom stereocenters. The largest absolute Gasteiger partial charge is 0.379 e. The molecule has 1 fully saturated rings. The van der Waals surface area contributed by atoms with Crippen LogP contribution >= 0.6 is 0 Å². The first-order valence-electron chi connectivity index (χ1n) is 9.01. The number of rotatable bonds is 6. The van der Waals surface area contributed by atoms with E-state index < -0.39 is 0 Å². The number of nitrogens with zero attached hydrogens (tertiary/aromatic N) is 3. The van der Waals surface area contributed by atoms with Crippen LogP contribution < -0.4 is 10.6 Å². The van der Waals surface area contributed by atoms with E-state index in [4.69, 9.17) is 10.00 Å². The molecule has 2 heterocycles. The Hall–Kier alpha value is -3.28. The first-order valence-corrected chi connectivity index (χ1v) is 9.01. The first-order chi connectivity index (χ1) is 13.7. The second kappa shape index (κ2) is 9.60. The lowest BCUT2D eigenvalue weighted by Gasteiger charge is -2.26. The SMILES string of the molecule is N#Cc1ccc(NC(=O)c2ccnc(C(=O)NCCN3CCOCC3)c2)cc1. The molecule has 2 N–H and O–H groups in total. The summed E-state index contributed by atoms with van der Waals surface area (Å²) in [6.07, 6.45) is 1.44. The van der Waals surface area contributed by atoms with E-state index in [0.29, 0.717) is 36.6 Å². The summed E-state index contributed by atoms with van der Waals surface area (Å²) in [4.78, 5) is 31.0. The van der Waals surface area contributed by atoms with Gasteiger partial charge in [0, 0.05) is 43.6 Å². The van der Waals surface area contributed by atoms with Crippen LogP contribution in [0, 0.1) is 11.3 Å². The number of pyridine rings is 1. The van der Waals surface area contributed by atoms with Gasteiger partial charge in [0.15, 0.2) is 0 Å². The lowest BCUT2D eigenvalue weighted by Crippen LogP contribution is -2.41. The number of hydrogen-bond donors (Lipinski definition) is 2. The molecular formula is C20H21N5O3. The molecule has 0 unspecified atom stereocenters. The second-order valence-electron chi connectivity index (χ2n) is 6.28. The molecule has 0 radical (unpaired) electrons. The molecular weight excluding hydrogens is 358 g/mol. The van der Waals surface area contributed by atoms with Crippen LogP contribution in [0.3, 0.4) is 0 Å². The standard InChI is InChI=1S/C20H21N5O3/c21-14-15-1-3-17(4-2-15)24-19(26)16-5-6-22-18(13-16)20(27)23-7-8-25-9-11-28-12-10-25/h1-6,13H,7-12H2,(H,23,27)(H,24,26). The highest BCUT2D eigenvalue weighted by Gasteiger charge is 2.14. The molecule has 28 heavy (non-hydrogen) atoms. The minimum Gasteiger partial charge on any atom is -0.379 e. The quantitative estimate of drug-likeness (QED) is 0.783. The number of benzene rings is 1. The molecule has 1 saturated heterocycles. The second-order valence-corrected chi connectivity index (χ2v) is 6.28. The van der Waals surface area contributed by atoms with Crippen LogP contribution in [0.25, 0.3) is 0 Å². The summed E-state index contributed by atoms with van der Waals surface area (Å²) in [6, 6.07) is 11.6. The summed E-state index contributed by atoms with van der Waals surface area (Å²) >= 11 is 0. The number of hydrogen-bond acceptors (Lipinski definition) is 6. The fourth-order valence-corrected chi connectivity index (χ4v) is 2.77. The molecule has 3 rings (SSSR count). The summed E-state index contributed by atoms with van der Waals surface area (Å²) in [5.41, 5.74) is 1.60. The first kappa shape index (κ1) is 19.5. The van der Waals surface area contributed by atoms with Crippen molar-refractivity contribution in [3.8, 4) is 6.07 Å². The Labute approximate surface area is 163 Å². The monoisotopic (exact) mass is 379 g/mol. The van der Waals surface area contributed by atoms with Crippen molar-refractivity contribution < 1.29 is 14.3 Å². The van der Waals surface area contributed by atoms with Gasteiger partial charge in [0.05, 0.1) is 24.8 Å². The van der Waals surface area contributed by atoms with Crippen molar-refractivity contribution in [1.82, 2.24) is 15.2 Å². The third-order valence-corrected chi connectivity index (χ3v) is 4.34. The molecule has 0 spiro atoms. The molecule has 2 aromatic rings. The van der Waals surface area contributed by atoms with Crippen molar-refractivity contribution in [3.05, 3.63) is 59.4 Å². The topological polar surface area (TPSA) is 107 Å². The average Bonchev–Trinajstić information content (AvgIpc) is 2.75. The van der Waals surface area contributed by atoms with Gasteiger partial charge >= 0.3 is 0 Å². The molecule has 1 aliphatic rings. The zero-order chi connectivity index (χ0) is 19.8. The van der Waals surface area contributed by atoms with E-state index >= 15 is 0 Å². The van der Waals surface area contributed by atoms with Crippen LogP contribution in [0.1, 0.15) is 26.4 Å². The Morgan fingerprint density at radius 1 is 1.14 bits per heavy atom. The van der Waals surface area contributed by atoms with Crippen molar-refractivity contribution in [1.29, 1.82) is 5.26 Å². The van der Waals surface area contributed by atoms with E-state index in [0.717, 1.165) is 19.6 Å². The van der Waals surface area contributed by atoms with Crippen LogP contribution in [0.4, 0.5) is 5.69 Å². The maximum atomic E-state index is 12.4. The molecule has 1 aromatic heterocycles. The Balaban J connectivity index is 1.55. The lowest BCUT2D eigenvalue weighted by atomic mass is 10.2. The normalized spacial score (nSPS) is 14.1. The fraction of sp³-hybridized carbons (Fsp3) is 0.300.